The van der Waals surface area contributed by atoms with Crippen LogP contribution >= 0.6 is 11.8 Å². The van der Waals surface area contributed by atoms with Crippen molar-refractivity contribution in [2.24, 2.45) is 5.41 Å². The normalized spacial score (nSPS) is 23.9. The molecule has 1 heterocycles. The van der Waals surface area contributed by atoms with Crippen LogP contribution in [0.2, 0.25) is 0 Å². The van der Waals surface area contributed by atoms with Crippen LogP contribution in [0, 0.1) is 16.7 Å². The van der Waals surface area contributed by atoms with Gasteiger partial charge >= 0.3 is 0 Å². The molecule has 1 N–H and O–H groups in total. The van der Waals surface area contributed by atoms with E-state index in [4.69, 9.17) is 5.26 Å². The number of hydrogen-bond acceptors (Lipinski definition) is 3. The largest absolute Gasteiger partial charge is 0.312 e. The van der Waals surface area contributed by atoms with Gasteiger partial charge in [-0.2, -0.15) is 17.0 Å². The van der Waals surface area contributed by atoms with Crippen molar-refractivity contribution in [2.45, 2.75) is 32.7 Å². The number of rotatable bonds is 3. The van der Waals surface area contributed by atoms with Crippen molar-refractivity contribution in [3.05, 3.63) is 0 Å². The molecule has 1 atom stereocenters. The van der Waals surface area contributed by atoms with Gasteiger partial charge in [-0.15, -0.1) is 0 Å². The highest BCUT2D eigenvalue weighted by molar-refractivity contribution is 7.99. The molecule has 0 aromatic carbocycles. The molecule has 2 nitrogen and oxygen atoms in total. The first-order chi connectivity index (χ1) is 6.14. The van der Waals surface area contributed by atoms with Crippen molar-refractivity contribution in [3.8, 4) is 6.07 Å². The molecule has 1 aliphatic heterocycles. The summed E-state index contributed by atoms with van der Waals surface area (Å²) in [6.07, 6.45) is 2.59. The lowest BCUT2D eigenvalue weighted by Crippen LogP contribution is -2.39. The summed E-state index contributed by atoms with van der Waals surface area (Å²) in [6.45, 7) is 4.78. The average molecular weight is 198 g/mol. The highest BCUT2D eigenvalue weighted by Crippen LogP contribution is 2.18. The van der Waals surface area contributed by atoms with Gasteiger partial charge in [0.15, 0.2) is 0 Å². The zero-order valence-corrected chi connectivity index (χ0v) is 9.28. The van der Waals surface area contributed by atoms with E-state index < -0.39 is 0 Å². The van der Waals surface area contributed by atoms with Crippen LogP contribution in [0.4, 0.5) is 0 Å². The lowest BCUT2D eigenvalue weighted by Gasteiger charge is -2.25. The Bertz CT molecular complexity index is 190. The van der Waals surface area contributed by atoms with Crippen LogP contribution in [-0.4, -0.2) is 24.1 Å². The Kier molecular flexibility index (Phi) is 4.08. The fourth-order valence-electron chi connectivity index (χ4n) is 1.34. The van der Waals surface area contributed by atoms with Gasteiger partial charge in [0.05, 0.1) is 11.5 Å². The van der Waals surface area contributed by atoms with Gasteiger partial charge < -0.3 is 5.32 Å². The molecule has 0 radical (unpaired) electrons. The molecule has 0 saturated carbocycles. The molecule has 1 fully saturated rings. The molecule has 1 rings (SSSR count). The van der Waals surface area contributed by atoms with E-state index in [-0.39, 0.29) is 5.41 Å². The molecule has 0 spiro atoms. The number of hydrogen-bond donors (Lipinski definition) is 1. The number of nitrogens with one attached hydrogen (secondary N) is 1. The van der Waals surface area contributed by atoms with Crippen molar-refractivity contribution in [1.29, 1.82) is 5.26 Å². The molecule has 1 aliphatic rings. The Morgan fingerprint density at radius 3 is 2.92 bits per heavy atom. The summed E-state index contributed by atoms with van der Waals surface area (Å²) < 4.78 is 0. The van der Waals surface area contributed by atoms with Gasteiger partial charge in [-0.3, -0.25) is 0 Å². The molecule has 0 aliphatic carbocycles. The SMILES string of the molecule is CC(C)(C#N)CNC1CCCSC1. The first kappa shape index (κ1) is 10.9. The minimum absolute atomic E-state index is 0.220. The summed E-state index contributed by atoms with van der Waals surface area (Å²) >= 11 is 2.02. The lowest BCUT2D eigenvalue weighted by atomic mass is 9.95. The van der Waals surface area contributed by atoms with E-state index in [1.165, 1.54) is 24.3 Å². The Morgan fingerprint density at radius 1 is 1.62 bits per heavy atom. The van der Waals surface area contributed by atoms with Crippen LogP contribution in [0.1, 0.15) is 26.7 Å². The maximum Gasteiger partial charge on any atom is 0.0697 e. The third-order valence-corrected chi connectivity index (χ3v) is 3.51. The van der Waals surface area contributed by atoms with Crippen molar-refractivity contribution in [3.63, 3.8) is 0 Å². The average Bonchev–Trinajstić information content (AvgIpc) is 2.17. The van der Waals surface area contributed by atoms with Crippen molar-refractivity contribution < 1.29 is 0 Å². The van der Waals surface area contributed by atoms with Gasteiger partial charge in [0, 0.05) is 18.3 Å². The third-order valence-electron chi connectivity index (χ3n) is 2.30. The van der Waals surface area contributed by atoms with Crippen LogP contribution in [-0.2, 0) is 0 Å². The summed E-state index contributed by atoms with van der Waals surface area (Å²) in [7, 11) is 0. The maximum atomic E-state index is 8.83. The minimum Gasteiger partial charge on any atom is -0.312 e. The molecule has 1 unspecified atom stereocenters. The second-order valence-corrected chi connectivity index (χ2v) is 5.44. The summed E-state index contributed by atoms with van der Waals surface area (Å²) in [5, 5.41) is 12.3. The smallest absolute Gasteiger partial charge is 0.0697 e. The first-order valence-electron chi connectivity index (χ1n) is 4.86. The highest BCUT2D eigenvalue weighted by Gasteiger charge is 2.19. The quantitative estimate of drug-likeness (QED) is 0.753. The van der Waals surface area contributed by atoms with Crippen molar-refractivity contribution in [1.82, 2.24) is 5.32 Å². The van der Waals surface area contributed by atoms with Gasteiger partial charge in [0.2, 0.25) is 0 Å². The monoisotopic (exact) mass is 198 g/mol. The van der Waals surface area contributed by atoms with E-state index in [9.17, 15) is 0 Å². The fraction of sp³-hybridized carbons (Fsp3) is 0.900. The molecular formula is C10H18N2S. The van der Waals surface area contributed by atoms with Gasteiger partial charge in [0.1, 0.15) is 0 Å². The lowest BCUT2D eigenvalue weighted by molar-refractivity contribution is 0.399. The Hall–Kier alpha value is -0.200. The number of thioether (sulfide) groups is 1. The standard InChI is InChI=1S/C10H18N2S/c1-10(2,7-11)8-12-9-4-3-5-13-6-9/h9,12H,3-6,8H2,1-2H3. The van der Waals surface area contributed by atoms with Gasteiger partial charge in [0.25, 0.3) is 0 Å². The minimum atomic E-state index is -0.220. The second-order valence-electron chi connectivity index (χ2n) is 4.29. The number of nitrogens with zero attached hydrogens (tertiary/aromatic N) is 1. The number of nitriles is 1. The molecule has 0 aromatic rings. The summed E-state index contributed by atoms with van der Waals surface area (Å²) in [6, 6.07) is 2.94. The predicted octanol–water partition coefficient (Wildman–Crippen LogP) is 2.02. The van der Waals surface area contributed by atoms with Crippen LogP contribution in [0.3, 0.4) is 0 Å². The van der Waals surface area contributed by atoms with Crippen LogP contribution in [0.25, 0.3) is 0 Å². The molecule has 74 valence electrons. The van der Waals surface area contributed by atoms with Gasteiger partial charge in [-0.25, -0.2) is 0 Å². The van der Waals surface area contributed by atoms with Gasteiger partial charge in [-0.1, -0.05) is 0 Å². The van der Waals surface area contributed by atoms with Crippen LogP contribution in [0.15, 0.2) is 0 Å². The Labute approximate surface area is 85.1 Å². The topological polar surface area (TPSA) is 35.8 Å². The summed E-state index contributed by atoms with van der Waals surface area (Å²) in [5.41, 5.74) is -0.220. The van der Waals surface area contributed by atoms with Crippen molar-refractivity contribution in [2.75, 3.05) is 18.1 Å². The van der Waals surface area contributed by atoms with Gasteiger partial charge in [-0.05, 0) is 32.4 Å². The van der Waals surface area contributed by atoms with E-state index in [1.54, 1.807) is 0 Å². The Morgan fingerprint density at radius 2 is 2.38 bits per heavy atom. The Balaban J connectivity index is 2.22. The fourth-order valence-corrected chi connectivity index (χ4v) is 2.45. The van der Waals surface area contributed by atoms with E-state index in [1.807, 2.05) is 25.6 Å². The molecule has 3 heteroatoms. The van der Waals surface area contributed by atoms with Crippen LogP contribution < -0.4 is 5.32 Å². The summed E-state index contributed by atoms with van der Waals surface area (Å²) in [4.78, 5) is 0. The van der Waals surface area contributed by atoms with E-state index in [0.29, 0.717) is 6.04 Å². The molecule has 0 bridgehead atoms. The zero-order chi connectivity index (χ0) is 9.73. The molecule has 0 aromatic heterocycles. The molecule has 0 amide bonds. The second kappa shape index (κ2) is 4.88. The van der Waals surface area contributed by atoms with E-state index in [0.717, 1.165) is 6.54 Å². The van der Waals surface area contributed by atoms with Crippen molar-refractivity contribution >= 4 is 11.8 Å². The molecular weight excluding hydrogens is 180 g/mol. The molecule has 1 saturated heterocycles. The summed E-state index contributed by atoms with van der Waals surface area (Å²) in [5.74, 6) is 2.52. The first-order valence-corrected chi connectivity index (χ1v) is 6.02. The predicted molar refractivity (Wildman–Crippen MR) is 57.7 cm³/mol. The highest BCUT2D eigenvalue weighted by atomic mass is 32.2. The maximum absolute atomic E-state index is 8.83. The van der Waals surface area contributed by atoms with E-state index >= 15 is 0 Å². The van der Waals surface area contributed by atoms with Crippen LogP contribution in [0.5, 0.6) is 0 Å². The third kappa shape index (κ3) is 4.02. The zero-order valence-electron chi connectivity index (χ0n) is 8.47. The molecule has 13 heavy (non-hydrogen) atoms. The van der Waals surface area contributed by atoms with E-state index in [2.05, 4.69) is 11.4 Å².